The van der Waals surface area contributed by atoms with E-state index < -0.39 is 0 Å². The zero-order chi connectivity index (χ0) is 10.8. The largest absolute Gasteiger partial charge is 0.382 e. The SMILES string of the molecule is CCN=C(N)c1cc2ccccc2n1C. The number of amidine groups is 1. The third kappa shape index (κ3) is 1.61. The van der Waals surface area contributed by atoms with E-state index in [4.69, 9.17) is 5.73 Å². The summed E-state index contributed by atoms with van der Waals surface area (Å²) in [5.41, 5.74) is 8.07. The van der Waals surface area contributed by atoms with Gasteiger partial charge in [0.05, 0.1) is 5.69 Å². The van der Waals surface area contributed by atoms with Crippen LogP contribution in [-0.2, 0) is 7.05 Å². The van der Waals surface area contributed by atoms with Gasteiger partial charge in [-0.3, -0.25) is 4.99 Å². The topological polar surface area (TPSA) is 43.3 Å². The molecule has 3 heteroatoms. The molecule has 0 aliphatic carbocycles. The van der Waals surface area contributed by atoms with E-state index in [1.807, 2.05) is 26.1 Å². The maximum Gasteiger partial charge on any atom is 0.142 e. The standard InChI is InChI=1S/C12H15N3/c1-3-14-12(13)11-8-9-6-4-5-7-10(9)15(11)2/h4-8H,3H2,1-2H3,(H2,13,14). The molecule has 1 heterocycles. The van der Waals surface area contributed by atoms with Gasteiger partial charge >= 0.3 is 0 Å². The fourth-order valence-electron chi connectivity index (χ4n) is 1.79. The molecule has 2 aromatic rings. The highest BCUT2D eigenvalue weighted by molar-refractivity contribution is 6.01. The number of rotatable bonds is 2. The van der Waals surface area contributed by atoms with Crippen molar-refractivity contribution in [3.63, 3.8) is 0 Å². The number of hydrogen-bond acceptors (Lipinski definition) is 1. The Bertz CT molecular complexity index is 509. The molecule has 1 aromatic heterocycles. The molecule has 0 radical (unpaired) electrons. The monoisotopic (exact) mass is 201 g/mol. The zero-order valence-electron chi connectivity index (χ0n) is 9.07. The van der Waals surface area contributed by atoms with Crippen LogP contribution in [0.25, 0.3) is 10.9 Å². The van der Waals surface area contributed by atoms with E-state index >= 15 is 0 Å². The second-order valence-corrected chi connectivity index (χ2v) is 3.51. The Morgan fingerprint density at radius 1 is 1.40 bits per heavy atom. The lowest BCUT2D eigenvalue weighted by molar-refractivity contribution is 0.947. The smallest absolute Gasteiger partial charge is 0.142 e. The predicted octanol–water partition coefficient (Wildman–Crippen LogP) is 1.90. The molecule has 3 nitrogen and oxygen atoms in total. The number of aliphatic imine (C=N–C) groups is 1. The van der Waals surface area contributed by atoms with Crippen molar-refractivity contribution in [2.45, 2.75) is 6.92 Å². The van der Waals surface area contributed by atoms with E-state index in [0.29, 0.717) is 12.4 Å². The first kappa shape index (κ1) is 9.77. The van der Waals surface area contributed by atoms with Crippen LogP contribution in [0.2, 0.25) is 0 Å². The van der Waals surface area contributed by atoms with Crippen LogP contribution in [0, 0.1) is 0 Å². The summed E-state index contributed by atoms with van der Waals surface area (Å²) in [6, 6.07) is 10.3. The van der Waals surface area contributed by atoms with Gasteiger partial charge in [0.15, 0.2) is 0 Å². The number of hydrogen-bond donors (Lipinski definition) is 1. The first-order valence-electron chi connectivity index (χ1n) is 5.08. The van der Waals surface area contributed by atoms with Crippen molar-refractivity contribution in [1.82, 2.24) is 4.57 Å². The van der Waals surface area contributed by atoms with E-state index in [1.54, 1.807) is 0 Å². The van der Waals surface area contributed by atoms with Crippen LogP contribution in [0.4, 0.5) is 0 Å². The van der Waals surface area contributed by atoms with Crippen LogP contribution in [0.15, 0.2) is 35.3 Å². The van der Waals surface area contributed by atoms with Crippen LogP contribution in [0.5, 0.6) is 0 Å². The number of fused-ring (bicyclic) bond motifs is 1. The van der Waals surface area contributed by atoms with Crippen molar-refractivity contribution in [1.29, 1.82) is 0 Å². The Kier molecular flexibility index (Phi) is 2.46. The third-order valence-electron chi connectivity index (χ3n) is 2.54. The molecule has 0 saturated heterocycles. The van der Waals surface area contributed by atoms with Crippen molar-refractivity contribution in [3.05, 3.63) is 36.0 Å². The highest BCUT2D eigenvalue weighted by Crippen LogP contribution is 2.17. The van der Waals surface area contributed by atoms with Gasteiger partial charge in [-0.25, -0.2) is 0 Å². The quantitative estimate of drug-likeness (QED) is 0.585. The van der Waals surface area contributed by atoms with E-state index in [-0.39, 0.29) is 0 Å². The lowest BCUT2D eigenvalue weighted by Crippen LogP contribution is -2.17. The van der Waals surface area contributed by atoms with Gasteiger partial charge in [-0.1, -0.05) is 18.2 Å². The van der Waals surface area contributed by atoms with Gasteiger partial charge in [-0.15, -0.1) is 0 Å². The normalized spacial score (nSPS) is 12.3. The summed E-state index contributed by atoms with van der Waals surface area (Å²) in [5.74, 6) is 0.608. The molecule has 0 aliphatic rings. The second-order valence-electron chi connectivity index (χ2n) is 3.51. The van der Waals surface area contributed by atoms with Gasteiger partial charge in [0.25, 0.3) is 0 Å². The van der Waals surface area contributed by atoms with E-state index in [0.717, 1.165) is 5.69 Å². The number of aryl methyl sites for hydroxylation is 1. The Hall–Kier alpha value is -1.77. The van der Waals surface area contributed by atoms with Gasteiger partial charge in [-0.05, 0) is 19.1 Å². The molecular formula is C12H15N3. The molecule has 0 fully saturated rings. The fraction of sp³-hybridized carbons (Fsp3) is 0.250. The first-order chi connectivity index (χ1) is 7.24. The van der Waals surface area contributed by atoms with Crippen molar-refractivity contribution < 1.29 is 0 Å². The number of nitrogens with zero attached hydrogens (tertiary/aromatic N) is 2. The Morgan fingerprint density at radius 2 is 2.13 bits per heavy atom. The molecule has 15 heavy (non-hydrogen) atoms. The summed E-state index contributed by atoms with van der Waals surface area (Å²) in [7, 11) is 2.01. The van der Waals surface area contributed by atoms with Crippen molar-refractivity contribution in [2.24, 2.45) is 17.8 Å². The summed E-state index contributed by atoms with van der Waals surface area (Å²) >= 11 is 0. The van der Waals surface area contributed by atoms with Gasteiger partial charge in [0, 0.05) is 24.5 Å². The number of nitrogens with two attached hydrogens (primary N) is 1. The molecular weight excluding hydrogens is 186 g/mol. The Morgan fingerprint density at radius 3 is 2.80 bits per heavy atom. The summed E-state index contributed by atoms with van der Waals surface area (Å²) in [4.78, 5) is 4.22. The van der Waals surface area contributed by atoms with E-state index in [2.05, 4.69) is 27.8 Å². The molecule has 0 spiro atoms. The fourth-order valence-corrected chi connectivity index (χ4v) is 1.79. The molecule has 2 N–H and O–H groups in total. The molecule has 0 bridgehead atoms. The maximum absolute atomic E-state index is 5.90. The minimum atomic E-state index is 0.608. The average Bonchev–Trinajstić information content (AvgIpc) is 2.57. The number of benzene rings is 1. The molecule has 0 atom stereocenters. The van der Waals surface area contributed by atoms with E-state index in [1.165, 1.54) is 10.9 Å². The number of aromatic nitrogens is 1. The second kappa shape index (κ2) is 3.77. The predicted molar refractivity (Wildman–Crippen MR) is 64.2 cm³/mol. The van der Waals surface area contributed by atoms with Crippen molar-refractivity contribution in [2.75, 3.05) is 6.54 Å². The van der Waals surface area contributed by atoms with Gasteiger partial charge in [-0.2, -0.15) is 0 Å². The summed E-state index contributed by atoms with van der Waals surface area (Å²) in [5, 5.41) is 1.20. The first-order valence-corrected chi connectivity index (χ1v) is 5.08. The lowest BCUT2D eigenvalue weighted by Gasteiger charge is -2.02. The summed E-state index contributed by atoms with van der Waals surface area (Å²) in [6.07, 6.45) is 0. The average molecular weight is 201 g/mol. The highest BCUT2D eigenvalue weighted by atomic mass is 15.0. The molecule has 0 aliphatic heterocycles. The molecule has 78 valence electrons. The van der Waals surface area contributed by atoms with Gasteiger partial charge in [0.1, 0.15) is 5.84 Å². The molecule has 2 rings (SSSR count). The van der Waals surface area contributed by atoms with E-state index in [9.17, 15) is 0 Å². The van der Waals surface area contributed by atoms with Crippen LogP contribution < -0.4 is 5.73 Å². The minimum absolute atomic E-state index is 0.608. The van der Waals surface area contributed by atoms with Crippen molar-refractivity contribution >= 4 is 16.7 Å². The minimum Gasteiger partial charge on any atom is -0.382 e. The Balaban J connectivity index is 2.63. The Labute approximate surface area is 89.2 Å². The molecule has 0 amide bonds. The molecule has 1 aromatic carbocycles. The van der Waals surface area contributed by atoms with Gasteiger partial charge < -0.3 is 10.3 Å². The number of para-hydroxylation sites is 1. The lowest BCUT2D eigenvalue weighted by atomic mass is 10.2. The van der Waals surface area contributed by atoms with Crippen LogP contribution in [0.1, 0.15) is 12.6 Å². The summed E-state index contributed by atoms with van der Waals surface area (Å²) in [6.45, 7) is 2.70. The maximum atomic E-state index is 5.90. The third-order valence-corrected chi connectivity index (χ3v) is 2.54. The van der Waals surface area contributed by atoms with Crippen LogP contribution in [-0.4, -0.2) is 16.9 Å². The summed E-state index contributed by atoms with van der Waals surface area (Å²) < 4.78 is 2.07. The highest BCUT2D eigenvalue weighted by Gasteiger charge is 2.07. The van der Waals surface area contributed by atoms with Gasteiger partial charge in [0.2, 0.25) is 0 Å². The zero-order valence-corrected chi connectivity index (χ0v) is 9.07. The van der Waals surface area contributed by atoms with Crippen molar-refractivity contribution in [3.8, 4) is 0 Å². The van der Waals surface area contributed by atoms with Crippen LogP contribution >= 0.6 is 0 Å². The van der Waals surface area contributed by atoms with Crippen LogP contribution in [0.3, 0.4) is 0 Å². The molecule has 0 unspecified atom stereocenters. The molecule has 0 saturated carbocycles.